The molecule has 0 aromatic heterocycles. The summed E-state index contributed by atoms with van der Waals surface area (Å²) in [5.74, 6) is 0.299. The van der Waals surface area contributed by atoms with Gasteiger partial charge in [0.25, 0.3) is 5.91 Å². The van der Waals surface area contributed by atoms with E-state index in [-0.39, 0.29) is 11.3 Å². The molecule has 0 atom stereocenters. The Kier molecular flexibility index (Phi) is 4.78. The zero-order chi connectivity index (χ0) is 16.3. The number of anilines is 1. The third kappa shape index (κ3) is 3.26. The van der Waals surface area contributed by atoms with Crippen LogP contribution in [0, 0.1) is 6.92 Å². The second-order valence-corrected chi connectivity index (χ2v) is 5.05. The summed E-state index contributed by atoms with van der Waals surface area (Å²) in [6.45, 7) is 1.82. The normalized spacial score (nSPS) is 10.2. The number of aryl methyl sites for hydroxylation is 1. The second kappa shape index (κ2) is 6.58. The Hall–Kier alpha value is -2.40. The molecule has 1 amide bonds. The second-order valence-electron chi connectivity index (χ2n) is 4.64. The number of ether oxygens (including phenoxy) is 2. The predicted octanol–water partition coefficient (Wildman–Crippen LogP) is 3.62. The SMILES string of the molecule is COc1ccc(O)c(C(=O)Nc2cc(C)c(Cl)cc2OC)c1. The van der Waals surface area contributed by atoms with Crippen LogP contribution in [-0.4, -0.2) is 25.2 Å². The first-order valence-corrected chi connectivity index (χ1v) is 6.86. The van der Waals surface area contributed by atoms with Crippen LogP contribution >= 0.6 is 11.6 Å². The molecule has 2 N–H and O–H groups in total. The van der Waals surface area contributed by atoms with Crippen molar-refractivity contribution in [1.29, 1.82) is 0 Å². The van der Waals surface area contributed by atoms with Crippen LogP contribution in [0.1, 0.15) is 15.9 Å². The van der Waals surface area contributed by atoms with Crippen LogP contribution in [0.4, 0.5) is 5.69 Å². The molecule has 6 heteroatoms. The van der Waals surface area contributed by atoms with Crippen LogP contribution in [-0.2, 0) is 0 Å². The predicted molar refractivity (Wildman–Crippen MR) is 85.4 cm³/mol. The van der Waals surface area contributed by atoms with Gasteiger partial charge in [-0.25, -0.2) is 0 Å². The number of rotatable bonds is 4. The van der Waals surface area contributed by atoms with Gasteiger partial charge in [-0.3, -0.25) is 4.79 Å². The molecule has 0 unspecified atom stereocenters. The minimum atomic E-state index is -0.476. The van der Waals surface area contributed by atoms with Crippen LogP contribution in [0.2, 0.25) is 5.02 Å². The number of methoxy groups -OCH3 is 2. The van der Waals surface area contributed by atoms with Crippen molar-refractivity contribution in [3.63, 3.8) is 0 Å². The molecule has 2 aromatic rings. The van der Waals surface area contributed by atoms with Crippen molar-refractivity contribution in [3.05, 3.63) is 46.5 Å². The van der Waals surface area contributed by atoms with Gasteiger partial charge in [-0.2, -0.15) is 0 Å². The van der Waals surface area contributed by atoms with E-state index in [1.807, 2.05) is 6.92 Å². The number of hydrogen-bond acceptors (Lipinski definition) is 4. The average molecular weight is 322 g/mol. The molecule has 0 fully saturated rings. The van der Waals surface area contributed by atoms with E-state index in [1.165, 1.54) is 26.4 Å². The number of halogens is 1. The lowest BCUT2D eigenvalue weighted by atomic mass is 10.1. The van der Waals surface area contributed by atoms with Gasteiger partial charge in [-0.1, -0.05) is 11.6 Å². The van der Waals surface area contributed by atoms with E-state index in [0.717, 1.165) is 5.56 Å². The fourth-order valence-corrected chi connectivity index (χ4v) is 2.10. The van der Waals surface area contributed by atoms with E-state index in [9.17, 15) is 9.90 Å². The van der Waals surface area contributed by atoms with Gasteiger partial charge in [0.15, 0.2) is 0 Å². The highest BCUT2D eigenvalue weighted by atomic mass is 35.5. The fourth-order valence-electron chi connectivity index (χ4n) is 1.94. The Bertz CT molecular complexity index is 716. The molecule has 0 spiro atoms. The lowest BCUT2D eigenvalue weighted by molar-refractivity contribution is 0.102. The van der Waals surface area contributed by atoms with Crippen LogP contribution in [0.25, 0.3) is 0 Å². The zero-order valence-corrected chi connectivity index (χ0v) is 13.2. The number of nitrogens with one attached hydrogen (secondary N) is 1. The minimum Gasteiger partial charge on any atom is -0.507 e. The summed E-state index contributed by atoms with van der Waals surface area (Å²) in [5, 5.41) is 13.1. The third-order valence-corrected chi connectivity index (χ3v) is 3.58. The molecule has 2 aromatic carbocycles. The summed E-state index contributed by atoms with van der Waals surface area (Å²) in [5.41, 5.74) is 1.37. The topological polar surface area (TPSA) is 67.8 Å². The lowest BCUT2D eigenvalue weighted by Crippen LogP contribution is -2.13. The number of hydrogen-bond donors (Lipinski definition) is 2. The number of carbonyl (C=O) groups excluding carboxylic acids is 1. The molecule has 0 bridgehead atoms. The molecule has 22 heavy (non-hydrogen) atoms. The quantitative estimate of drug-likeness (QED) is 0.902. The Labute approximate surface area is 133 Å². The third-order valence-electron chi connectivity index (χ3n) is 3.18. The molecule has 116 valence electrons. The van der Waals surface area contributed by atoms with Crippen LogP contribution < -0.4 is 14.8 Å². The number of phenols is 1. The first-order chi connectivity index (χ1) is 10.5. The standard InChI is InChI=1S/C16H16ClNO4/c1-9-6-13(15(22-3)8-12(9)17)18-16(20)11-7-10(21-2)4-5-14(11)19/h4-8,19H,1-3H3,(H,18,20). The van der Waals surface area contributed by atoms with Gasteiger partial charge in [-0.05, 0) is 36.8 Å². The van der Waals surface area contributed by atoms with Crippen molar-refractivity contribution in [2.75, 3.05) is 19.5 Å². The first kappa shape index (κ1) is 16.0. The molecule has 0 aliphatic heterocycles. The van der Waals surface area contributed by atoms with E-state index in [4.69, 9.17) is 21.1 Å². The summed E-state index contributed by atoms with van der Waals surface area (Å²) in [7, 11) is 2.97. The molecule has 0 saturated carbocycles. The summed E-state index contributed by atoms with van der Waals surface area (Å²) < 4.78 is 10.3. The maximum atomic E-state index is 12.4. The van der Waals surface area contributed by atoms with Crippen molar-refractivity contribution in [1.82, 2.24) is 0 Å². The highest BCUT2D eigenvalue weighted by Gasteiger charge is 2.15. The van der Waals surface area contributed by atoms with Crippen molar-refractivity contribution in [2.24, 2.45) is 0 Å². The Morgan fingerprint density at radius 3 is 2.55 bits per heavy atom. The summed E-state index contributed by atoms with van der Waals surface area (Å²) >= 11 is 6.03. The zero-order valence-electron chi connectivity index (χ0n) is 12.4. The summed E-state index contributed by atoms with van der Waals surface area (Å²) in [6, 6.07) is 7.76. The molecular formula is C16H16ClNO4. The molecule has 5 nitrogen and oxygen atoms in total. The van der Waals surface area contributed by atoms with Crippen molar-refractivity contribution < 1.29 is 19.4 Å². The molecule has 0 radical (unpaired) electrons. The Balaban J connectivity index is 2.35. The maximum absolute atomic E-state index is 12.4. The monoisotopic (exact) mass is 321 g/mol. The molecule has 0 aliphatic carbocycles. The smallest absolute Gasteiger partial charge is 0.259 e. The van der Waals surface area contributed by atoms with Crippen LogP contribution in [0.3, 0.4) is 0 Å². The van der Waals surface area contributed by atoms with E-state index in [0.29, 0.717) is 22.2 Å². The molecule has 0 heterocycles. The largest absolute Gasteiger partial charge is 0.507 e. The number of phenolic OH excluding ortho intramolecular Hbond substituents is 1. The molecule has 2 rings (SSSR count). The van der Waals surface area contributed by atoms with Gasteiger partial charge in [0, 0.05) is 11.1 Å². The van der Waals surface area contributed by atoms with Crippen molar-refractivity contribution in [3.8, 4) is 17.2 Å². The number of amides is 1. The van der Waals surface area contributed by atoms with Gasteiger partial charge in [-0.15, -0.1) is 0 Å². The van der Waals surface area contributed by atoms with E-state index in [2.05, 4.69) is 5.32 Å². The first-order valence-electron chi connectivity index (χ1n) is 6.48. The Morgan fingerprint density at radius 2 is 1.91 bits per heavy atom. The Morgan fingerprint density at radius 1 is 1.18 bits per heavy atom. The highest BCUT2D eigenvalue weighted by Crippen LogP contribution is 2.32. The van der Waals surface area contributed by atoms with E-state index in [1.54, 1.807) is 18.2 Å². The molecule has 0 aliphatic rings. The highest BCUT2D eigenvalue weighted by molar-refractivity contribution is 6.31. The van der Waals surface area contributed by atoms with Crippen molar-refractivity contribution in [2.45, 2.75) is 6.92 Å². The lowest BCUT2D eigenvalue weighted by Gasteiger charge is -2.13. The number of aromatic hydroxyl groups is 1. The molecular weight excluding hydrogens is 306 g/mol. The van der Waals surface area contributed by atoms with E-state index >= 15 is 0 Å². The minimum absolute atomic E-state index is 0.106. The molecule has 0 saturated heterocycles. The van der Waals surface area contributed by atoms with Gasteiger partial charge < -0.3 is 19.9 Å². The van der Waals surface area contributed by atoms with Crippen LogP contribution in [0.5, 0.6) is 17.2 Å². The van der Waals surface area contributed by atoms with Crippen molar-refractivity contribution >= 4 is 23.2 Å². The van der Waals surface area contributed by atoms with Gasteiger partial charge in [0.1, 0.15) is 17.2 Å². The summed E-state index contributed by atoms with van der Waals surface area (Å²) in [4.78, 5) is 12.4. The van der Waals surface area contributed by atoms with Gasteiger partial charge >= 0.3 is 0 Å². The number of benzene rings is 2. The van der Waals surface area contributed by atoms with Crippen LogP contribution in [0.15, 0.2) is 30.3 Å². The average Bonchev–Trinajstić information content (AvgIpc) is 2.51. The number of carbonyl (C=O) groups is 1. The fraction of sp³-hybridized carbons (Fsp3) is 0.188. The van der Waals surface area contributed by atoms with Gasteiger partial charge in [0.05, 0.1) is 25.5 Å². The summed E-state index contributed by atoms with van der Waals surface area (Å²) in [6.07, 6.45) is 0. The van der Waals surface area contributed by atoms with Gasteiger partial charge in [0.2, 0.25) is 0 Å². The maximum Gasteiger partial charge on any atom is 0.259 e. The van der Waals surface area contributed by atoms with E-state index < -0.39 is 5.91 Å².